The predicted octanol–water partition coefficient (Wildman–Crippen LogP) is -1.24. The van der Waals surface area contributed by atoms with E-state index in [2.05, 4.69) is 4.90 Å². The van der Waals surface area contributed by atoms with E-state index < -0.39 is 6.10 Å². The van der Waals surface area contributed by atoms with Crippen LogP contribution in [0.2, 0.25) is 0 Å². The second-order valence-corrected chi connectivity index (χ2v) is 3.50. The van der Waals surface area contributed by atoms with Crippen molar-refractivity contribution in [2.75, 3.05) is 26.2 Å². The van der Waals surface area contributed by atoms with Crippen molar-refractivity contribution >= 4 is 0 Å². The van der Waals surface area contributed by atoms with Crippen molar-refractivity contribution in [1.29, 1.82) is 0 Å². The van der Waals surface area contributed by atoms with E-state index in [0.29, 0.717) is 6.54 Å². The van der Waals surface area contributed by atoms with Gasteiger partial charge in [0, 0.05) is 19.1 Å². The minimum absolute atomic E-state index is 0.161. The van der Waals surface area contributed by atoms with Gasteiger partial charge in [0.1, 0.15) is 0 Å². The summed E-state index contributed by atoms with van der Waals surface area (Å²) < 4.78 is 0. The normalized spacial score (nSPS) is 28.8. The first-order valence-electron chi connectivity index (χ1n) is 4.49. The summed E-state index contributed by atoms with van der Waals surface area (Å²) in [5, 5.41) is 17.8. The van der Waals surface area contributed by atoms with Crippen LogP contribution in [-0.2, 0) is 0 Å². The highest BCUT2D eigenvalue weighted by Gasteiger charge is 2.18. The standard InChI is InChI=1S/C8H18N2O2/c9-7-2-1-3-10(4-7)5-8(12)6-11/h7-8,11-12H,1-6,9H2. The summed E-state index contributed by atoms with van der Waals surface area (Å²) in [5.41, 5.74) is 5.76. The lowest BCUT2D eigenvalue weighted by Crippen LogP contribution is -2.46. The Hall–Kier alpha value is -0.160. The Morgan fingerprint density at radius 2 is 2.33 bits per heavy atom. The van der Waals surface area contributed by atoms with Crippen molar-refractivity contribution in [2.24, 2.45) is 5.73 Å². The maximum absolute atomic E-state index is 9.16. The van der Waals surface area contributed by atoms with Gasteiger partial charge >= 0.3 is 0 Å². The Bertz CT molecular complexity index is 132. The molecule has 1 heterocycles. The molecule has 4 N–H and O–H groups in total. The maximum Gasteiger partial charge on any atom is 0.0897 e. The SMILES string of the molecule is NC1CCCN(CC(O)CO)C1. The van der Waals surface area contributed by atoms with Crippen molar-refractivity contribution in [2.45, 2.75) is 25.0 Å². The van der Waals surface area contributed by atoms with Crippen LogP contribution in [0.1, 0.15) is 12.8 Å². The van der Waals surface area contributed by atoms with E-state index in [4.69, 9.17) is 15.9 Å². The highest BCUT2D eigenvalue weighted by molar-refractivity contribution is 4.76. The molecule has 1 fully saturated rings. The van der Waals surface area contributed by atoms with Crippen molar-refractivity contribution in [3.05, 3.63) is 0 Å². The summed E-state index contributed by atoms with van der Waals surface area (Å²) in [6.45, 7) is 2.22. The fraction of sp³-hybridized carbons (Fsp3) is 1.00. The molecular weight excluding hydrogens is 156 g/mol. The number of rotatable bonds is 3. The molecular formula is C8H18N2O2. The molecule has 2 unspecified atom stereocenters. The van der Waals surface area contributed by atoms with Gasteiger partial charge in [0.25, 0.3) is 0 Å². The fourth-order valence-corrected chi connectivity index (χ4v) is 1.61. The van der Waals surface area contributed by atoms with Crippen LogP contribution in [0.3, 0.4) is 0 Å². The molecule has 0 radical (unpaired) electrons. The van der Waals surface area contributed by atoms with Crippen LogP contribution >= 0.6 is 0 Å². The van der Waals surface area contributed by atoms with Crippen molar-refractivity contribution in [1.82, 2.24) is 4.90 Å². The lowest BCUT2D eigenvalue weighted by Gasteiger charge is -2.31. The molecule has 0 aromatic heterocycles. The summed E-state index contributed by atoms with van der Waals surface area (Å²) in [7, 11) is 0. The molecule has 0 amide bonds. The zero-order valence-corrected chi connectivity index (χ0v) is 7.32. The van der Waals surface area contributed by atoms with Gasteiger partial charge in [0.05, 0.1) is 12.7 Å². The van der Waals surface area contributed by atoms with E-state index in [-0.39, 0.29) is 12.6 Å². The van der Waals surface area contributed by atoms with Crippen LogP contribution in [0.25, 0.3) is 0 Å². The lowest BCUT2D eigenvalue weighted by molar-refractivity contribution is 0.0507. The van der Waals surface area contributed by atoms with E-state index >= 15 is 0 Å². The Morgan fingerprint density at radius 1 is 1.58 bits per heavy atom. The first-order chi connectivity index (χ1) is 5.72. The molecule has 1 rings (SSSR count). The molecule has 1 aliphatic heterocycles. The minimum Gasteiger partial charge on any atom is -0.394 e. The summed E-state index contributed by atoms with van der Waals surface area (Å²) in [6, 6.07) is 0.240. The molecule has 0 aromatic rings. The van der Waals surface area contributed by atoms with E-state index in [9.17, 15) is 0 Å². The second kappa shape index (κ2) is 4.77. The number of hydrogen-bond acceptors (Lipinski definition) is 4. The monoisotopic (exact) mass is 174 g/mol. The Labute approximate surface area is 73.0 Å². The molecule has 0 saturated carbocycles. The highest BCUT2D eigenvalue weighted by atomic mass is 16.3. The number of β-amino-alcohol motifs (C(OH)–C–C–N with tert-alkyl or cyclic N) is 1. The van der Waals surface area contributed by atoms with Crippen LogP contribution in [0.15, 0.2) is 0 Å². The molecule has 1 saturated heterocycles. The van der Waals surface area contributed by atoms with Crippen molar-refractivity contribution in [3.63, 3.8) is 0 Å². The van der Waals surface area contributed by atoms with Gasteiger partial charge in [-0.1, -0.05) is 0 Å². The summed E-state index contributed by atoms with van der Waals surface area (Å²) >= 11 is 0. The zero-order valence-electron chi connectivity index (χ0n) is 7.32. The van der Waals surface area contributed by atoms with E-state index in [1.807, 2.05) is 0 Å². The molecule has 12 heavy (non-hydrogen) atoms. The summed E-state index contributed by atoms with van der Waals surface area (Å²) in [6.07, 6.45) is 1.56. The number of piperidine rings is 1. The van der Waals surface area contributed by atoms with Gasteiger partial charge in [-0.3, -0.25) is 4.90 Å². The topological polar surface area (TPSA) is 69.7 Å². The van der Waals surface area contributed by atoms with Crippen LogP contribution < -0.4 is 5.73 Å². The molecule has 1 aliphatic rings. The molecule has 0 aromatic carbocycles. The Kier molecular flexibility index (Phi) is 3.94. The molecule has 72 valence electrons. The molecule has 0 spiro atoms. The highest BCUT2D eigenvalue weighted by Crippen LogP contribution is 2.08. The first-order valence-corrected chi connectivity index (χ1v) is 4.49. The van der Waals surface area contributed by atoms with Gasteiger partial charge in [-0.25, -0.2) is 0 Å². The smallest absolute Gasteiger partial charge is 0.0897 e. The van der Waals surface area contributed by atoms with Crippen molar-refractivity contribution < 1.29 is 10.2 Å². The third kappa shape index (κ3) is 3.06. The van der Waals surface area contributed by atoms with Crippen molar-refractivity contribution in [3.8, 4) is 0 Å². The van der Waals surface area contributed by atoms with Crippen LogP contribution in [0.4, 0.5) is 0 Å². The quantitative estimate of drug-likeness (QED) is 0.501. The van der Waals surface area contributed by atoms with Gasteiger partial charge in [0.15, 0.2) is 0 Å². The number of hydrogen-bond donors (Lipinski definition) is 3. The number of nitrogens with zero attached hydrogens (tertiary/aromatic N) is 1. The Balaban J connectivity index is 2.22. The van der Waals surface area contributed by atoms with Gasteiger partial charge in [-0.15, -0.1) is 0 Å². The molecule has 0 bridgehead atoms. The van der Waals surface area contributed by atoms with E-state index in [1.54, 1.807) is 0 Å². The molecule has 0 aliphatic carbocycles. The average molecular weight is 174 g/mol. The largest absolute Gasteiger partial charge is 0.394 e. The first kappa shape index (κ1) is 9.92. The summed E-state index contributed by atoms with van der Waals surface area (Å²) in [4.78, 5) is 2.11. The van der Waals surface area contributed by atoms with Crippen LogP contribution in [0.5, 0.6) is 0 Å². The number of nitrogens with two attached hydrogens (primary N) is 1. The second-order valence-electron chi connectivity index (χ2n) is 3.50. The van der Waals surface area contributed by atoms with E-state index in [1.165, 1.54) is 0 Å². The number of likely N-dealkylation sites (tertiary alicyclic amines) is 1. The zero-order chi connectivity index (χ0) is 8.97. The maximum atomic E-state index is 9.16. The van der Waals surface area contributed by atoms with Gasteiger partial charge in [0.2, 0.25) is 0 Å². The third-order valence-corrected chi connectivity index (χ3v) is 2.22. The molecule has 2 atom stereocenters. The lowest BCUT2D eigenvalue weighted by atomic mass is 10.1. The van der Waals surface area contributed by atoms with Gasteiger partial charge in [-0.05, 0) is 19.4 Å². The number of aliphatic hydroxyl groups is 2. The van der Waals surface area contributed by atoms with Gasteiger partial charge in [-0.2, -0.15) is 0 Å². The predicted molar refractivity (Wildman–Crippen MR) is 46.7 cm³/mol. The third-order valence-electron chi connectivity index (χ3n) is 2.22. The molecule has 4 nitrogen and oxygen atoms in total. The van der Waals surface area contributed by atoms with Crippen LogP contribution in [-0.4, -0.2) is 53.5 Å². The molecule has 4 heteroatoms. The van der Waals surface area contributed by atoms with Gasteiger partial charge < -0.3 is 15.9 Å². The minimum atomic E-state index is -0.615. The Morgan fingerprint density at radius 3 is 2.92 bits per heavy atom. The average Bonchev–Trinajstić information content (AvgIpc) is 2.04. The summed E-state index contributed by atoms with van der Waals surface area (Å²) in [5.74, 6) is 0. The number of aliphatic hydroxyl groups excluding tert-OH is 2. The van der Waals surface area contributed by atoms with Crippen LogP contribution in [0, 0.1) is 0 Å². The van der Waals surface area contributed by atoms with E-state index in [0.717, 1.165) is 25.9 Å². The fourth-order valence-electron chi connectivity index (χ4n) is 1.61.